The monoisotopic (exact) mass is 479 g/mol. The van der Waals surface area contributed by atoms with Crippen molar-refractivity contribution in [1.29, 1.82) is 0 Å². The lowest BCUT2D eigenvalue weighted by molar-refractivity contribution is 0.0730. The topological polar surface area (TPSA) is 146 Å². The molecule has 1 saturated heterocycles. The van der Waals surface area contributed by atoms with Crippen molar-refractivity contribution in [2.75, 3.05) is 43.9 Å². The summed E-state index contributed by atoms with van der Waals surface area (Å²) in [5.74, 6) is -0.709. The number of carbonyl (C=O) groups is 1. The predicted molar refractivity (Wildman–Crippen MR) is 124 cm³/mol. The lowest BCUT2D eigenvalue weighted by Crippen LogP contribution is -2.43. The molecular weight excluding hydrogens is 450 g/mol. The molecule has 0 amide bonds. The number of ether oxygens (including phenoxy) is 1. The summed E-state index contributed by atoms with van der Waals surface area (Å²) in [6, 6.07) is 6.09. The molecule has 0 radical (unpaired) electrons. The van der Waals surface area contributed by atoms with E-state index in [1.165, 1.54) is 28.1 Å². The number of nitrogens with two attached hydrogens (primary N) is 1. The quantitative estimate of drug-likeness (QED) is 0.507. The molecule has 12 heteroatoms. The number of hydrogen-bond donors (Lipinski definition) is 2. The molecule has 3 N–H and O–H groups in total. The Morgan fingerprint density at radius 3 is 2.52 bits per heavy atom. The molecule has 3 rings (SSSR count). The molecule has 1 aliphatic rings. The number of ketones is 1. The van der Waals surface area contributed by atoms with E-state index in [9.17, 15) is 22.8 Å². The fourth-order valence-electron chi connectivity index (χ4n) is 3.56. The SMILES string of the molecule is CC(C)Cn1c(N)c(C(=O)CNc2cccc(S(=O)(=O)N3CCOCC3)c2)c(=O)n(C)c1=O. The van der Waals surface area contributed by atoms with Gasteiger partial charge in [0.05, 0.1) is 24.7 Å². The molecule has 0 atom stereocenters. The van der Waals surface area contributed by atoms with E-state index < -0.39 is 27.1 Å². The fourth-order valence-corrected chi connectivity index (χ4v) is 5.01. The van der Waals surface area contributed by atoms with Crippen LogP contribution in [0, 0.1) is 5.92 Å². The van der Waals surface area contributed by atoms with Gasteiger partial charge < -0.3 is 15.8 Å². The third-order valence-corrected chi connectivity index (χ3v) is 7.20. The minimum Gasteiger partial charge on any atom is -0.384 e. The highest BCUT2D eigenvalue weighted by Crippen LogP contribution is 2.20. The first-order valence-electron chi connectivity index (χ1n) is 10.6. The summed E-state index contributed by atoms with van der Waals surface area (Å²) < 4.78 is 34.4. The van der Waals surface area contributed by atoms with Crippen molar-refractivity contribution in [2.24, 2.45) is 13.0 Å². The van der Waals surface area contributed by atoms with Gasteiger partial charge >= 0.3 is 5.69 Å². The summed E-state index contributed by atoms with van der Waals surface area (Å²) in [5, 5.41) is 2.86. The number of hydrogen-bond acceptors (Lipinski definition) is 8. The first-order chi connectivity index (χ1) is 15.5. The van der Waals surface area contributed by atoms with E-state index in [4.69, 9.17) is 10.5 Å². The van der Waals surface area contributed by atoms with Gasteiger partial charge in [0.2, 0.25) is 10.0 Å². The fraction of sp³-hybridized carbons (Fsp3) is 0.476. The molecule has 0 unspecified atom stereocenters. The Hall–Kier alpha value is -2.96. The Bertz CT molecular complexity index is 1260. The first kappa shape index (κ1) is 24.7. The Kier molecular flexibility index (Phi) is 7.40. The van der Waals surface area contributed by atoms with Crippen LogP contribution in [0.3, 0.4) is 0 Å². The van der Waals surface area contributed by atoms with Crippen LogP contribution >= 0.6 is 0 Å². The lowest BCUT2D eigenvalue weighted by atomic mass is 10.1. The minimum absolute atomic E-state index is 0.0692. The van der Waals surface area contributed by atoms with E-state index in [1.807, 2.05) is 13.8 Å². The standard InChI is InChI=1S/C21H29N5O6S/c1-14(2)13-26-19(22)18(20(28)24(3)21(26)29)17(27)12-23-15-5-4-6-16(11-15)33(30,31)25-7-9-32-10-8-25/h4-6,11,14,23H,7-10,12-13,22H2,1-3H3. The van der Waals surface area contributed by atoms with Gasteiger partial charge in [-0.1, -0.05) is 19.9 Å². The molecule has 1 fully saturated rings. The van der Waals surface area contributed by atoms with E-state index in [-0.39, 0.29) is 48.4 Å². The van der Waals surface area contributed by atoms with Crippen molar-refractivity contribution >= 4 is 27.3 Å². The van der Waals surface area contributed by atoms with Crippen molar-refractivity contribution in [3.63, 3.8) is 0 Å². The highest BCUT2D eigenvalue weighted by atomic mass is 32.2. The molecular formula is C21H29N5O6S. The van der Waals surface area contributed by atoms with Crippen molar-refractivity contribution in [2.45, 2.75) is 25.3 Å². The molecule has 2 aromatic rings. The predicted octanol–water partition coefficient (Wildman–Crippen LogP) is 0.101. The second-order valence-electron chi connectivity index (χ2n) is 8.23. The molecule has 1 aromatic carbocycles. The number of benzene rings is 1. The maximum absolute atomic E-state index is 12.9. The Morgan fingerprint density at radius 1 is 1.21 bits per heavy atom. The zero-order valence-electron chi connectivity index (χ0n) is 18.9. The molecule has 0 aliphatic carbocycles. The van der Waals surface area contributed by atoms with Gasteiger partial charge in [-0.05, 0) is 24.1 Å². The van der Waals surface area contributed by atoms with Gasteiger partial charge in [0.1, 0.15) is 11.4 Å². The maximum atomic E-state index is 12.9. The lowest BCUT2D eigenvalue weighted by Gasteiger charge is -2.26. The largest absolute Gasteiger partial charge is 0.384 e. The molecule has 2 heterocycles. The zero-order chi connectivity index (χ0) is 24.3. The zero-order valence-corrected chi connectivity index (χ0v) is 19.7. The Balaban J connectivity index is 1.83. The number of morpholine rings is 1. The van der Waals surface area contributed by atoms with Crippen LogP contribution in [0.1, 0.15) is 24.2 Å². The van der Waals surface area contributed by atoms with Gasteiger partial charge in [-0.3, -0.25) is 18.7 Å². The number of nitrogen functional groups attached to an aromatic ring is 1. The average Bonchev–Trinajstić information content (AvgIpc) is 2.80. The highest BCUT2D eigenvalue weighted by molar-refractivity contribution is 7.89. The van der Waals surface area contributed by atoms with Gasteiger partial charge in [-0.25, -0.2) is 13.2 Å². The number of rotatable bonds is 8. The molecule has 1 aromatic heterocycles. The number of sulfonamides is 1. The smallest absolute Gasteiger partial charge is 0.332 e. The normalized spacial score (nSPS) is 15.0. The van der Waals surface area contributed by atoms with Crippen LogP contribution in [0.5, 0.6) is 0 Å². The highest BCUT2D eigenvalue weighted by Gasteiger charge is 2.27. The van der Waals surface area contributed by atoms with Crippen molar-refractivity contribution in [3.05, 3.63) is 50.7 Å². The number of Topliss-reactive ketones (excluding diaryl/α,β-unsaturated/α-hetero) is 1. The van der Waals surface area contributed by atoms with Crippen LogP contribution in [-0.2, 0) is 28.4 Å². The van der Waals surface area contributed by atoms with E-state index in [0.29, 0.717) is 18.9 Å². The summed E-state index contributed by atoms with van der Waals surface area (Å²) in [6.45, 7) is 4.94. The third kappa shape index (κ3) is 5.18. The maximum Gasteiger partial charge on any atom is 0.332 e. The van der Waals surface area contributed by atoms with Gasteiger partial charge in [-0.15, -0.1) is 0 Å². The molecule has 0 spiro atoms. The number of aromatic nitrogens is 2. The molecule has 1 aliphatic heterocycles. The summed E-state index contributed by atoms with van der Waals surface area (Å²) in [7, 11) is -2.40. The van der Waals surface area contributed by atoms with Crippen LogP contribution in [-0.4, -0.2) is 60.5 Å². The second-order valence-corrected chi connectivity index (χ2v) is 10.2. The second kappa shape index (κ2) is 9.89. The van der Waals surface area contributed by atoms with Gasteiger partial charge in [0.25, 0.3) is 5.56 Å². The van der Waals surface area contributed by atoms with Crippen molar-refractivity contribution < 1.29 is 17.9 Å². The molecule has 180 valence electrons. The van der Waals surface area contributed by atoms with Gasteiger partial charge in [0.15, 0.2) is 5.78 Å². The van der Waals surface area contributed by atoms with Crippen molar-refractivity contribution in [3.8, 4) is 0 Å². The van der Waals surface area contributed by atoms with E-state index in [0.717, 1.165) is 4.57 Å². The minimum atomic E-state index is -3.70. The summed E-state index contributed by atoms with van der Waals surface area (Å²) in [5.41, 5.74) is 4.80. The van der Waals surface area contributed by atoms with Crippen LogP contribution in [0.2, 0.25) is 0 Å². The average molecular weight is 480 g/mol. The van der Waals surface area contributed by atoms with Crippen LogP contribution in [0.4, 0.5) is 11.5 Å². The van der Waals surface area contributed by atoms with Crippen LogP contribution < -0.4 is 22.3 Å². The number of nitrogens with zero attached hydrogens (tertiary/aromatic N) is 3. The van der Waals surface area contributed by atoms with Crippen molar-refractivity contribution in [1.82, 2.24) is 13.4 Å². The summed E-state index contributed by atoms with van der Waals surface area (Å²) in [6.07, 6.45) is 0. The number of anilines is 2. The van der Waals surface area contributed by atoms with Gasteiger partial charge in [0, 0.05) is 32.4 Å². The van der Waals surface area contributed by atoms with E-state index in [2.05, 4.69) is 5.32 Å². The van der Waals surface area contributed by atoms with Gasteiger partial charge in [-0.2, -0.15) is 4.31 Å². The summed E-state index contributed by atoms with van der Waals surface area (Å²) >= 11 is 0. The molecule has 0 saturated carbocycles. The van der Waals surface area contributed by atoms with E-state index >= 15 is 0 Å². The first-order valence-corrected chi connectivity index (χ1v) is 12.0. The molecule has 11 nitrogen and oxygen atoms in total. The molecule has 0 bridgehead atoms. The van der Waals surface area contributed by atoms with Crippen LogP contribution in [0.15, 0.2) is 38.8 Å². The third-order valence-electron chi connectivity index (χ3n) is 5.30. The van der Waals surface area contributed by atoms with Crippen LogP contribution in [0.25, 0.3) is 0 Å². The Morgan fingerprint density at radius 2 is 1.88 bits per heavy atom. The number of carbonyl (C=O) groups excluding carboxylic acids is 1. The molecule has 33 heavy (non-hydrogen) atoms. The summed E-state index contributed by atoms with van der Waals surface area (Å²) in [4.78, 5) is 38.0. The number of nitrogens with one attached hydrogen (secondary N) is 1. The Labute approximate surface area is 191 Å². The van der Waals surface area contributed by atoms with E-state index in [1.54, 1.807) is 12.1 Å².